The van der Waals surface area contributed by atoms with Crippen LogP contribution in [0, 0.1) is 5.41 Å². The maximum Gasteiger partial charge on any atom is 0.311 e. The number of carboxylic acids is 1. The summed E-state index contributed by atoms with van der Waals surface area (Å²) < 4.78 is 5.29. The van der Waals surface area contributed by atoms with Crippen molar-refractivity contribution in [1.82, 2.24) is 4.90 Å². The monoisotopic (exact) mass is 303 g/mol. The summed E-state index contributed by atoms with van der Waals surface area (Å²) in [5.41, 5.74) is 0.812. The average molecular weight is 303 g/mol. The van der Waals surface area contributed by atoms with E-state index in [1.165, 1.54) is 0 Å². The summed E-state index contributed by atoms with van der Waals surface area (Å²) in [5.74, 6) is -0.303. The highest BCUT2D eigenvalue weighted by atomic mass is 16.5. The minimum Gasteiger partial charge on any atom is -0.496 e. The van der Waals surface area contributed by atoms with Crippen LogP contribution in [0.1, 0.15) is 25.8 Å². The average Bonchev–Trinajstić information content (AvgIpc) is 2.91. The van der Waals surface area contributed by atoms with Gasteiger partial charge in [-0.25, -0.2) is 0 Å². The molecule has 0 radical (unpaired) electrons. The van der Waals surface area contributed by atoms with Crippen LogP contribution in [-0.4, -0.2) is 42.1 Å². The van der Waals surface area contributed by atoms with E-state index < -0.39 is 11.4 Å². The molecule has 1 aliphatic heterocycles. The van der Waals surface area contributed by atoms with Gasteiger partial charge in [0, 0.05) is 24.7 Å². The number of carbonyl (C=O) groups is 2. The van der Waals surface area contributed by atoms with Gasteiger partial charge in [-0.2, -0.15) is 0 Å². The molecule has 1 aromatic carbocycles. The number of hydrogen-bond acceptors (Lipinski definition) is 3. The molecule has 1 atom stereocenters. The van der Waals surface area contributed by atoms with Crippen molar-refractivity contribution in [3.05, 3.63) is 35.9 Å². The molecule has 1 saturated heterocycles. The number of nitrogens with zero attached hydrogens (tertiary/aromatic N) is 1. The maximum absolute atomic E-state index is 12.4. The fraction of sp³-hybridized carbons (Fsp3) is 0.412. The van der Waals surface area contributed by atoms with Crippen molar-refractivity contribution in [2.45, 2.75) is 20.3 Å². The lowest BCUT2D eigenvalue weighted by Crippen LogP contribution is -2.34. The van der Waals surface area contributed by atoms with Crippen molar-refractivity contribution < 1.29 is 19.4 Å². The van der Waals surface area contributed by atoms with Gasteiger partial charge in [-0.1, -0.05) is 18.2 Å². The first-order valence-corrected chi connectivity index (χ1v) is 7.21. The highest BCUT2D eigenvalue weighted by Gasteiger charge is 2.41. The first-order chi connectivity index (χ1) is 10.4. The van der Waals surface area contributed by atoms with Crippen molar-refractivity contribution in [2.75, 3.05) is 20.2 Å². The third kappa shape index (κ3) is 3.13. The fourth-order valence-electron chi connectivity index (χ4n) is 2.65. The molecule has 5 nitrogen and oxygen atoms in total. The minimum atomic E-state index is -0.853. The molecular formula is C17H21NO4. The van der Waals surface area contributed by atoms with Crippen LogP contribution < -0.4 is 4.74 Å². The zero-order chi connectivity index (χ0) is 16.3. The van der Waals surface area contributed by atoms with Gasteiger partial charge >= 0.3 is 5.97 Å². The Morgan fingerprint density at radius 2 is 2.05 bits per heavy atom. The number of hydrogen-bond donors (Lipinski definition) is 1. The Morgan fingerprint density at radius 3 is 2.64 bits per heavy atom. The van der Waals surface area contributed by atoms with Gasteiger partial charge in [0.1, 0.15) is 5.75 Å². The van der Waals surface area contributed by atoms with Crippen LogP contribution >= 0.6 is 0 Å². The van der Waals surface area contributed by atoms with Crippen molar-refractivity contribution in [3.8, 4) is 5.75 Å². The van der Waals surface area contributed by atoms with Gasteiger partial charge in [0.25, 0.3) is 0 Å². The number of para-hydroxylation sites is 1. The Labute approximate surface area is 130 Å². The van der Waals surface area contributed by atoms with Gasteiger partial charge in [0.05, 0.1) is 12.5 Å². The van der Waals surface area contributed by atoms with E-state index >= 15 is 0 Å². The molecular weight excluding hydrogens is 282 g/mol. The standard InChI is InChI=1S/C17H21NO4/c1-12(13-6-4-5-7-14(13)22-3)10-15(19)18-9-8-17(2,11-18)16(20)21/h4-7,10H,8-9,11H2,1-3H3,(H,20,21). The van der Waals surface area contributed by atoms with E-state index in [1.54, 1.807) is 25.0 Å². The molecule has 1 N–H and O–H groups in total. The number of methoxy groups -OCH3 is 1. The first kappa shape index (κ1) is 16.1. The summed E-state index contributed by atoms with van der Waals surface area (Å²) in [5, 5.41) is 9.23. The number of likely N-dealkylation sites (tertiary alicyclic amines) is 1. The van der Waals surface area contributed by atoms with Crippen LogP contribution in [0.15, 0.2) is 30.3 Å². The largest absolute Gasteiger partial charge is 0.496 e. The molecule has 0 aliphatic carbocycles. The molecule has 22 heavy (non-hydrogen) atoms. The van der Waals surface area contributed by atoms with Gasteiger partial charge < -0.3 is 14.7 Å². The summed E-state index contributed by atoms with van der Waals surface area (Å²) in [6.07, 6.45) is 2.03. The zero-order valence-corrected chi connectivity index (χ0v) is 13.1. The van der Waals surface area contributed by atoms with Crippen LogP contribution in [0.3, 0.4) is 0 Å². The van der Waals surface area contributed by atoms with E-state index in [-0.39, 0.29) is 12.5 Å². The van der Waals surface area contributed by atoms with Gasteiger partial charge in [0.15, 0.2) is 0 Å². The Balaban J connectivity index is 2.16. The number of amides is 1. The molecule has 2 rings (SSSR count). The maximum atomic E-state index is 12.4. The molecule has 5 heteroatoms. The second-order valence-electron chi connectivity index (χ2n) is 5.90. The predicted octanol–water partition coefficient (Wildman–Crippen LogP) is 2.42. The van der Waals surface area contributed by atoms with Gasteiger partial charge in [-0.05, 0) is 31.9 Å². The predicted molar refractivity (Wildman–Crippen MR) is 83.6 cm³/mol. The number of carbonyl (C=O) groups excluding carboxylic acids is 1. The van der Waals surface area contributed by atoms with Crippen LogP contribution in [-0.2, 0) is 9.59 Å². The number of ether oxygens (including phenoxy) is 1. The van der Waals surface area contributed by atoms with Crippen LogP contribution in [0.5, 0.6) is 5.75 Å². The second-order valence-corrected chi connectivity index (χ2v) is 5.90. The number of carboxylic acid groups (broad SMARTS) is 1. The van der Waals surface area contributed by atoms with Crippen molar-refractivity contribution in [2.24, 2.45) is 5.41 Å². The molecule has 0 bridgehead atoms. The van der Waals surface area contributed by atoms with E-state index in [9.17, 15) is 14.7 Å². The summed E-state index contributed by atoms with van der Waals surface area (Å²) in [7, 11) is 1.59. The third-order valence-corrected chi connectivity index (χ3v) is 4.17. The summed E-state index contributed by atoms with van der Waals surface area (Å²) in [6.45, 7) is 4.25. The third-order valence-electron chi connectivity index (χ3n) is 4.17. The number of benzene rings is 1. The molecule has 0 saturated carbocycles. The number of aliphatic carboxylic acids is 1. The highest BCUT2D eigenvalue weighted by Crippen LogP contribution is 2.31. The van der Waals surface area contributed by atoms with Gasteiger partial charge in [-0.15, -0.1) is 0 Å². The van der Waals surface area contributed by atoms with E-state index in [1.807, 2.05) is 31.2 Å². The van der Waals surface area contributed by atoms with Crippen molar-refractivity contribution in [1.29, 1.82) is 0 Å². The quantitative estimate of drug-likeness (QED) is 0.868. The minimum absolute atomic E-state index is 0.159. The molecule has 0 spiro atoms. The van der Waals surface area contributed by atoms with Crippen molar-refractivity contribution >= 4 is 17.4 Å². The Bertz CT molecular complexity index is 623. The van der Waals surface area contributed by atoms with E-state index in [4.69, 9.17) is 4.74 Å². The van der Waals surface area contributed by atoms with Crippen LogP contribution in [0.2, 0.25) is 0 Å². The summed E-state index contributed by atoms with van der Waals surface area (Å²) >= 11 is 0. The smallest absolute Gasteiger partial charge is 0.311 e. The molecule has 1 amide bonds. The van der Waals surface area contributed by atoms with Crippen LogP contribution in [0.25, 0.3) is 5.57 Å². The lowest BCUT2D eigenvalue weighted by Gasteiger charge is -2.19. The van der Waals surface area contributed by atoms with E-state index in [0.29, 0.717) is 18.7 Å². The summed E-state index contributed by atoms with van der Waals surface area (Å²) in [6, 6.07) is 7.49. The normalized spacial score (nSPS) is 21.8. The van der Waals surface area contributed by atoms with Crippen molar-refractivity contribution in [3.63, 3.8) is 0 Å². The lowest BCUT2D eigenvalue weighted by molar-refractivity contribution is -0.147. The molecule has 1 aliphatic rings. The lowest BCUT2D eigenvalue weighted by atomic mass is 9.90. The summed E-state index contributed by atoms with van der Waals surface area (Å²) in [4.78, 5) is 25.2. The topological polar surface area (TPSA) is 66.8 Å². The SMILES string of the molecule is COc1ccccc1C(C)=CC(=O)N1CCC(C)(C(=O)O)C1. The molecule has 1 fully saturated rings. The number of rotatable bonds is 4. The Morgan fingerprint density at radius 1 is 1.36 bits per heavy atom. The first-order valence-electron chi connectivity index (χ1n) is 7.21. The number of allylic oxidation sites excluding steroid dienone is 1. The van der Waals surface area contributed by atoms with Gasteiger partial charge in [0.2, 0.25) is 5.91 Å². The van der Waals surface area contributed by atoms with E-state index in [0.717, 1.165) is 11.1 Å². The molecule has 118 valence electrons. The molecule has 0 aromatic heterocycles. The van der Waals surface area contributed by atoms with Crippen LogP contribution in [0.4, 0.5) is 0 Å². The Hall–Kier alpha value is -2.30. The Kier molecular flexibility index (Phi) is 4.54. The molecule has 1 unspecified atom stereocenters. The second kappa shape index (κ2) is 6.22. The van der Waals surface area contributed by atoms with E-state index in [2.05, 4.69) is 0 Å². The highest BCUT2D eigenvalue weighted by molar-refractivity contribution is 5.96. The fourth-order valence-corrected chi connectivity index (χ4v) is 2.65. The molecule has 1 aromatic rings. The zero-order valence-electron chi connectivity index (χ0n) is 13.1. The van der Waals surface area contributed by atoms with Gasteiger partial charge in [-0.3, -0.25) is 9.59 Å². The molecule has 1 heterocycles.